The van der Waals surface area contributed by atoms with Crippen LogP contribution in [-0.4, -0.2) is 119 Å². The van der Waals surface area contributed by atoms with Crippen LogP contribution < -0.4 is 10.6 Å². The van der Waals surface area contributed by atoms with Gasteiger partial charge in [0.2, 0.25) is 23.6 Å². The predicted molar refractivity (Wildman–Crippen MR) is 158 cm³/mol. The Bertz CT molecular complexity index is 1040. The highest BCUT2D eigenvalue weighted by molar-refractivity contribution is 5.96. The van der Waals surface area contributed by atoms with Crippen LogP contribution in [0.2, 0.25) is 0 Å². The Morgan fingerprint density at radius 1 is 0.953 bits per heavy atom. The van der Waals surface area contributed by atoms with Crippen molar-refractivity contribution in [3.63, 3.8) is 0 Å². The number of nitrogens with one attached hydrogen (secondary N) is 2. The molecule has 13 heteroatoms. The van der Waals surface area contributed by atoms with Gasteiger partial charge in [0, 0.05) is 33.8 Å². The summed E-state index contributed by atoms with van der Waals surface area (Å²) >= 11 is 0. The number of esters is 1. The number of carbonyl (C=O) groups excluding carboxylic acids is 6. The van der Waals surface area contributed by atoms with Crippen molar-refractivity contribution < 1.29 is 38.6 Å². The van der Waals surface area contributed by atoms with Crippen molar-refractivity contribution in [2.75, 3.05) is 33.8 Å². The van der Waals surface area contributed by atoms with E-state index in [9.17, 15) is 33.9 Å². The number of aliphatic hydroxyl groups is 1. The Hall–Kier alpha value is -3.22. The zero-order chi connectivity index (χ0) is 32.6. The molecule has 0 aromatic rings. The second-order valence-electron chi connectivity index (χ2n) is 12.4. The van der Waals surface area contributed by atoms with Crippen molar-refractivity contribution in [1.82, 2.24) is 25.3 Å². The molecular weight excluding hydrogens is 558 g/mol. The molecule has 2 aliphatic rings. The average molecular weight is 610 g/mol. The zero-order valence-electron chi connectivity index (χ0n) is 26.9. The smallest absolute Gasteiger partial charge is 0.308 e. The fourth-order valence-corrected chi connectivity index (χ4v) is 5.54. The van der Waals surface area contributed by atoms with Crippen molar-refractivity contribution in [1.29, 1.82) is 0 Å². The normalized spacial score (nSPS) is 28.9. The maximum atomic E-state index is 13.9. The van der Waals surface area contributed by atoms with Gasteiger partial charge in [0.15, 0.2) is 6.10 Å². The monoisotopic (exact) mass is 609 g/mol. The molecule has 2 fully saturated rings. The van der Waals surface area contributed by atoms with Gasteiger partial charge in [-0.15, -0.1) is 0 Å². The van der Waals surface area contributed by atoms with Gasteiger partial charge in [0.25, 0.3) is 5.91 Å². The Morgan fingerprint density at radius 2 is 1.60 bits per heavy atom. The molecule has 0 aromatic heterocycles. The molecule has 0 bridgehead atoms. The average Bonchev–Trinajstić information content (AvgIpc) is 3.46. The number of hydrogen-bond donors (Lipinski definition) is 3. The van der Waals surface area contributed by atoms with E-state index in [0.29, 0.717) is 19.3 Å². The number of ether oxygens (including phenoxy) is 1. The van der Waals surface area contributed by atoms with Crippen molar-refractivity contribution in [2.24, 2.45) is 17.8 Å². The molecule has 3 N–H and O–H groups in total. The second kappa shape index (κ2) is 16.0. The number of hydrogen-bond acceptors (Lipinski definition) is 8. The Labute approximate surface area is 255 Å². The summed E-state index contributed by atoms with van der Waals surface area (Å²) in [4.78, 5) is 84.6. The lowest BCUT2D eigenvalue weighted by molar-refractivity contribution is -0.162. The van der Waals surface area contributed by atoms with Crippen LogP contribution in [0.4, 0.5) is 0 Å². The van der Waals surface area contributed by atoms with Gasteiger partial charge in [-0.2, -0.15) is 0 Å². The van der Waals surface area contributed by atoms with Crippen LogP contribution >= 0.6 is 0 Å². The molecule has 13 nitrogen and oxygen atoms in total. The summed E-state index contributed by atoms with van der Waals surface area (Å²) < 4.78 is 5.54. The number of cyclic esters (lactones) is 1. The molecule has 0 spiro atoms. The van der Waals surface area contributed by atoms with Gasteiger partial charge in [0.1, 0.15) is 24.2 Å². The molecule has 2 heterocycles. The largest absolute Gasteiger partial charge is 0.452 e. The van der Waals surface area contributed by atoms with E-state index in [-0.39, 0.29) is 50.3 Å². The van der Waals surface area contributed by atoms with Crippen LogP contribution in [0, 0.1) is 17.8 Å². The molecule has 2 aliphatic heterocycles. The number of rotatable bonds is 6. The summed E-state index contributed by atoms with van der Waals surface area (Å²) in [5.41, 5.74) is 0. The lowest BCUT2D eigenvalue weighted by Crippen LogP contribution is -2.60. The summed E-state index contributed by atoms with van der Waals surface area (Å²) in [5, 5.41) is 15.1. The van der Waals surface area contributed by atoms with Crippen molar-refractivity contribution in [2.45, 2.75) is 104 Å². The van der Waals surface area contributed by atoms with Crippen LogP contribution in [-0.2, 0) is 33.5 Å². The number of carbonyl (C=O) groups is 6. The zero-order valence-corrected chi connectivity index (χ0v) is 26.9. The number of nitrogens with zero attached hydrogens (tertiary/aromatic N) is 3. The highest BCUT2D eigenvalue weighted by Gasteiger charge is 2.43. The molecule has 0 saturated carbocycles. The summed E-state index contributed by atoms with van der Waals surface area (Å²) in [6.45, 7) is 10.6. The first-order chi connectivity index (χ1) is 20.2. The van der Waals surface area contributed by atoms with Gasteiger partial charge in [-0.25, -0.2) is 0 Å². The highest BCUT2D eigenvalue weighted by atomic mass is 16.5. The lowest BCUT2D eigenvalue weighted by atomic mass is 9.94. The first kappa shape index (κ1) is 36.0. The minimum Gasteiger partial charge on any atom is -0.452 e. The molecule has 0 aromatic carbocycles. The maximum absolute atomic E-state index is 13.9. The van der Waals surface area contributed by atoms with Gasteiger partial charge in [-0.3, -0.25) is 28.8 Å². The first-order valence-corrected chi connectivity index (χ1v) is 15.4. The minimum absolute atomic E-state index is 0.0532. The Kier molecular flexibility index (Phi) is 13.4. The minimum atomic E-state index is -1.23. The van der Waals surface area contributed by atoms with Crippen LogP contribution in [0.5, 0.6) is 0 Å². The van der Waals surface area contributed by atoms with Gasteiger partial charge in [-0.05, 0) is 43.9 Å². The van der Waals surface area contributed by atoms with Gasteiger partial charge in [0.05, 0.1) is 6.42 Å². The van der Waals surface area contributed by atoms with E-state index in [1.807, 2.05) is 13.8 Å². The van der Waals surface area contributed by atoms with E-state index in [1.165, 1.54) is 28.8 Å². The molecule has 7 atom stereocenters. The van der Waals surface area contributed by atoms with E-state index >= 15 is 0 Å². The quantitative estimate of drug-likeness (QED) is 0.362. The second-order valence-corrected chi connectivity index (χ2v) is 12.4. The van der Waals surface area contributed by atoms with Crippen LogP contribution in [0.15, 0.2) is 0 Å². The Balaban J connectivity index is 2.54. The predicted octanol–water partition coefficient (Wildman–Crippen LogP) is 0.288. The van der Waals surface area contributed by atoms with Crippen LogP contribution in [0.3, 0.4) is 0 Å². The van der Waals surface area contributed by atoms with Crippen molar-refractivity contribution in [3.05, 3.63) is 0 Å². The summed E-state index contributed by atoms with van der Waals surface area (Å²) in [6, 6.07) is -3.66. The molecule has 1 unspecified atom stereocenters. The molecule has 5 amide bonds. The maximum Gasteiger partial charge on any atom is 0.308 e. The third-order valence-electron chi connectivity index (χ3n) is 8.68. The number of amides is 5. The highest BCUT2D eigenvalue weighted by Crippen LogP contribution is 2.24. The molecule has 2 rings (SSSR count). The number of fused-ring (bicyclic) bond motifs is 1. The van der Waals surface area contributed by atoms with Gasteiger partial charge >= 0.3 is 5.97 Å². The van der Waals surface area contributed by atoms with E-state index in [2.05, 4.69) is 10.6 Å². The third-order valence-corrected chi connectivity index (χ3v) is 8.68. The molecule has 43 heavy (non-hydrogen) atoms. The standard InChI is InChI=1S/C30H51N5O8/c1-9-19(5)24-29(41)34(8)25(17(2)3)30(42)33(7)20(6)26(38)31-13-12-23(37)43-22(15-18(4)16-36)28(40)35-14-10-11-21(35)27(39)32-24/h17-22,24-25,36H,9-16H2,1-8H3,(H,31,38)(H,32,39)/t18?,19-,20-,21-,22+,24-,25-/m0/s1. The van der Waals surface area contributed by atoms with Crippen LogP contribution in [0.1, 0.15) is 73.6 Å². The summed E-state index contributed by atoms with van der Waals surface area (Å²) in [7, 11) is 3.01. The van der Waals surface area contributed by atoms with E-state index in [0.717, 1.165) is 0 Å². The summed E-state index contributed by atoms with van der Waals surface area (Å²) in [5.74, 6) is -4.09. The number of aliphatic hydroxyl groups excluding tert-OH is 1. The van der Waals surface area contributed by atoms with Gasteiger partial charge in [-0.1, -0.05) is 41.0 Å². The van der Waals surface area contributed by atoms with E-state index < -0.39 is 65.8 Å². The molecule has 2 saturated heterocycles. The SMILES string of the molecule is CC[C@H](C)[C@@H]1NC(=O)[C@@H]2CCCN2C(=O)[C@@H](CC(C)CO)OC(=O)CCNC(=O)[C@H](C)N(C)C(=O)[C@H](C(C)C)N(C)C1=O. The third kappa shape index (κ3) is 8.90. The van der Waals surface area contributed by atoms with Gasteiger partial charge < -0.3 is 35.2 Å². The molecule has 244 valence electrons. The Morgan fingerprint density at radius 3 is 2.19 bits per heavy atom. The number of likely N-dealkylation sites (N-methyl/N-ethyl adjacent to an activating group) is 2. The fraction of sp³-hybridized carbons (Fsp3) is 0.800. The lowest BCUT2D eigenvalue weighted by Gasteiger charge is -2.38. The van der Waals surface area contributed by atoms with E-state index in [1.54, 1.807) is 27.7 Å². The fourth-order valence-electron chi connectivity index (χ4n) is 5.54. The van der Waals surface area contributed by atoms with Crippen molar-refractivity contribution in [3.8, 4) is 0 Å². The summed E-state index contributed by atoms with van der Waals surface area (Å²) in [6.07, 6.45) is 0.0762. The van der Waals surface area contributed by atoms with Crippen LogP contribution in [0.25, 0.3) is 0 Å². The molecule has 0 radical (unpaired) electrons. The molecule has 0 aliphatic carbocycles. The molecular formula is C30H51N5O8. The topological polar surface area (TPSA) is 166 Å². The van der Waals surface area contributed by atoms with Crippen molar-refractivity contribution >= 4 is 35.5 Å². The van der Waals surface area contributed by atoms with E-state index in [4.69, 9.17) is 4.74 Å². The first-order valence-electron chi connectivity index (χ1n) is 15.4.